The number of rotatable bonds is 14. The van der Waals surface area contributed by atoms with E-state index in [1.165, 1.54) is 0 Å². The number of aryl methyl sites for hydroxylation is 2. The Labute approximate surface area is 204 Å². The molecule has 1 unspecified atom stereocenters. The van der Waals surface area contributed by atoms with Gasteiger partial charge in [-0.3, -0.25) is 9.59 Å². The van der Waals surface area contributed by atoms with E-state index in [9.17, 15) is 9.59 Å². The SMILES string of the molecule is CCCNC(=O)C(CC)N(Cc1ccc(C)cc1)C(=O)CCc1ccc(OCC)c(OCC)c1. The zero-order valence-electron chi connectivity index (χ0n) is 21.4. The van der Waals surface area contributed by atoms with Crippen LogP contribution in [-0.2, 0) is 22.6 Å². The molecule has 0 heterocycles. The number of hydrogen-bond donors (Lipinski definition) is 1. The zero-order valence-corrected chi connectivity index (χ0v) is 21.4. The molecule has 1 atom stereocenters. The molecule has 0 aliphatic rings. The largest absolute Gasteiger partial charge is 0.490 e. The van der Waals surface area contributed by atoms with Gasteiger partial charge in [0, 0.05) is 19.5 Å². The Bertz CT molecular complexity index is 911. The lowest BCUT2D eigenvalue weighted by Gasteiger charge is -2.31. The van der Waals surface area contributed by atoms with Crippen molar-refractivity contribution in [1.82, 2.24) is 10.2 Å². The molecule has 2 aromatic carbocycles. The number of carbonyl (C=O) groups excluding carboxylic acids is 2. The fourth-order valence-electron chi connectivity index (χ4n) is 3.82. The average Bonchev–Trinajstić information content (AvgIpc) is 2.84. The molecule has 34 heavy (non-hydrogen) atoms. The van der Waals surface area contributed by atoms with E-state index in [2.05, 4.69) is 5.32 Å². The van der Waals surface area contributed by atoms with Crippen LogP contribution in [0.5, 0.6) is 11.5 Å². The number of nitrogens with one attached hydrogen (secondary N) is 1. The smallest absolute Gasteiger partial charge is 0.242 e. The summed E-state index contributed by atoms with van der Waals surface area (Å²) in [4.78, 5) is 28.0. The van der Waals surface area contributed by atoms with Gasteiger partial charge in [0.2, 0.25) is 11.8 Å². The van der Waals surface area contributed by atoms with E-state index in [0.29, 0.717) is 57.1 Å². The minimum atomic E-state index is -0.500. The Balaban J connectivity index is 2.20. The van der Waals surface area contributed by atoms with Crippen LogP contribution in [0.1, 0.15) is 63.6 Å². The van der Waals surface area contributed by atoms with Gasteiger partial charge in [-0.2, -0.15) is 0 Å². The minimum Gasteiger partial charge on any atom is -0.490 e. The molecule has 0 spiro atoms. The average molecular weight is 469 g/mol. The molecule has 1 N–H and O–H groups in total. The molecule has 0 saturated carbocycles. The quantitative estimate of drug-likeness (QED) is 0.421. The number of ether oxygens (including phenoxy) is 2. The van der Waals surface area contributed by atoms with E-state index in [-0.39, 0.29) is 11.8 Å². The predicted octanol–water partition coefficient (Wildman–Crippen LogP) is 5.06. The van der Waals surface area contributed by atoms with Crippen molar-refractivity contribution in [2.24, 2.45) is 0 Å². The predicted molar refractivity (Wildman–Crippen MR) is 136 cm³/mol. The van der Waals surface area contributed by atoms with E-state index in [1.807, 2.05) is 77.1 Å². The molecular weight excluding hydrogens is 428 g/mol. The molecule has 2 amide bonds. The first kappa shape index (κ1) is 27.2. The molecule has 0 aliphatic carbocycles. The van der Waals surface area contributed by atoms with Crippen LogP contribution in [-0.4, -0.2) is 42.5 Å². The van der Waals surface area contributed by atoms with Gasteiger partial charge >= 0.3 is 0 Å². The summed E-state index contributed by atoms with van der Waals surface area (Å²) in [6.07, 6.45) is 2.28. The zero-order chi connectivity index (χ0) is 24.9. The number of amides is 2. The summed E-state index contributed by atoms with van der Waals surface area (Å²) < 4.78 is 11.4. The van der Waals surface area contributed by atoms with Crippen molar-refractivity contribution in [3.05, 3.63) is 59.2 Å². The number of carbonyl (C=O) groups is 2. The van der Waals surface area contributed by atoms with Gasteiger partial charge in [0.15, 0.2) is 11.5 Å². The molecule has 2 rings (SSSR count). The van der Waals surface area contributed by atoms with Crippen LogP contribution in [0.4, 0.5) is 0 Å². The lowest BCUT2D eigenvalue weighted by Crippen LogP contribution is -2.49. The normalized spacial score (nSPS) is 11.6. The van der Waals surface area contributed by atoms with E-state index < -0.39 is 6.04 Å². The van der Waals surface area contributed by atoms with Crippen LogP contribution in [0.25, 0.3) is 0 Å². The van der Waals surface area contributed by atoms with Crippen LogP contribution in [0.15, 0.2) is 42.5 Å². The van der Waals surface area contributed by atoms with Crippen molar-refractivity contribution in [3.8, 4) is 11.5 Å². The molecule has 186 valence electrons. The van der Waals surface area contributed by atoms with Gasteiger partial charge < -0.3 is 19.7 Å². The van der Waals surface area contributed by atoms with Crippen LogP contribution in [0.2, 0.25) is 0 Å². The summed E-state index contributed by atoms with van der Waals surface area (Å²) in [5, 5.41) is 2.96. The maximum Gasteiger partial charge on any atom is 0.242 e. The summed E-state index contributed by atoms with van der Waals surface area (Å²) in [6.45, 7) is 12.0. The molecule has 2 aromatic rings. The highest BCUT2D eigenvalue weighted by Gasteiger charge is 2.28. The van der Waals surface area contributed by atoms with Crippen LogP contribution in [0, 0.1) is 6.92 Å². The Morgan fingerprint density at radius 1 is 0.912 bits per heavy atom. The second-order valence-electron chi connectivity index (χ2n) is 8.37. The molecule has 0 radical (unpaired) electrons. The van der Waals surface area contributed by atoms with Crippen LogP contribution in [0.3, 0.4) is 0 Å². The van der Waals surface area contributed by atoms with Crippen molar-refractivity contribution in [1.29, 1.82) is 0 Å². The van der Waals surface area contributed by atoms with Gasteiger partial charge in [-0.25, -0.2) is 0 Å². The molecule has 0 fully saturated rings. The van der Waals surface area contributed by atoms with Gasteiger partial charge in [-0.05, 0) is 63.3 Å². The monoisotopic (exact) mass is 468 g/mol. The van der Waals surface area contributed by atoms with Crippen LogP contribution >= 0.6 is 0 Å². The summed E-state index contributed by atoms with van der Waals surface area (Å²) in [5.74, 6) is 1.27. The van der Waals surface area contributed by atoms with Gasteiger partial charge in [0.1, 0.15) is 6.04 Å². The van der Waals surface area contributed by atoms with Gasteiger partial charge in [-0.1, -0.05) is 49.7 Å². The fraction of sp³-hybridized carbons (Fsp3) is 0.500. The Hall–Kier alpha value is -3.02. The van der Waals surface area contributed by atoms with E-state index in [0.717, 1.165) is 23.1 Å². The Morgan fingerprint density at radius 2 is 1.56 bits per heavy atom. The van der Waals surface area contributed by atoms with Crippen LogP contribution < -0.4 is 14.8 Å². The number of hydrogen-bond acceptors (Lipinski definition) is 4. The maximum absolute atomic E-state index is 13.4. The first-order chi connectivity index (χ1) is 16.4. The van der Waals surface area contributed by atoms with E-state index >= 15 is 0 Å². The molecule has 0 bridgehead atoms. The number of nitrogens with zero attached hydrogens (tertiary/aromatic N) is 1. The summed E-state index contributed by atoms with van der Waals surface area (Å²) in [6, 6.07) is 13.4. The van der Waals surface area contributed by atoms with Gasteiger partial charge in [0.05, 0.1) is 13.2 Å². The molecular formula is C28H40N2O4. The summed E-state index contributed by atoms with van der Waals surface area (Å²) >= 11 is 0. The molecule has 6 heteroatoms. The first-order valence-corrected chi connectivity index (χ1v) is 12.4. The summed E-state index contributed by atoms with van der Waals surface area (Å²) in [5.41, 5.74) is 3.18. The lowest BCUT2D eigenvalue weighted by molar-refractivity contribution is -0.141. The fourth-order valence-corrected chi connectivity index (χ4v) is 3.82. The first-order valence-electron chi connectivity index (χ1n) is 12.4. The highest BCUT2D eigenvalue weighted by molar-refractivity contribution is 5.87. The van der Waals surface area contributed by atoms with E-state index in [1.54, 1.807) is 4.90 Å². The second-order valence-corrected chi connectivity index (χ2v) is 8.37. The topological polar surface area (TPSA) is 67.9 Å². The minimum absolute atomic E-state index is 0.0362. The second kappa shape index (κ2) is 14.3. The third-order valence-electron chi connectivity index (χ3n) is 5.64. The third-order valence-corrected chi connectivity index (χ3v) is 5.64. The maximum atomic E-state index is 13.4. The van der Waals surface area contributed by atoms with Gasteiger partial charge in [-0.15, -0.1) is 0 Å². The molecule has 6 nitrogen and oxygen atoms in total. The third kappa shape index (κ3) is 8.08. The Morgan fingerprint density at radius 3 is 2.18 bits per heavy atom. The van der Waals surface area contributed by atoms with E-state index in [4.69, 9.17) is 9.47 Å². The van der Waals surface area contributed by atoms with Crippen molar-refractivity contribution in [2.75, 3.05) is 19.8 Å². The summed E-state index contributed by atoms with van der Waals surface area (Å²) in [7, 11) is 0. The highest BCUT2D eigenvalue weighted by atomic mass is 16.5. The van der Waals surface area contributed by atoms with Crippen molar-refractivity contribution in [3.63, 3.8) is 0 Å². The highest BCUT2D eigenvalue weighted by Crippen LogP contribution is 2.29. The standard InChI is InChI=1S/C28H40N2O4/c1-6-18-29-28(32)24(7-2)30(20-23-12-10-21(5)11-13-23)27(31)17-15-22-14-16-25(33-8-3)26(19-22)34-9-4/h10-14,16,19,24H,6-9,15,17-18,20H2,1-5H3,(H,29,32). The van der Waals surface area contributed by atoms with Crippen molar-refractivity contribution in [2.45, 2.75) is 72.9 Å². The molecule has 0 aliphatic heterocycles. The lowest BCUT2D eigenvalue weighted by atomic mass is 10.0. The number of benzene rings is 2. The van der Waals surface area contributed by atoms with Crippen molar-refractivity contribution < 1.29 is 19.1 Å². The van der Waals surface area contributed by atoms with Gasteiger partial charge in [0.25, 0.3) is 0 Å². The molecule has 0 aromatic heterocycles. The molecule has 0 saturated heterocycles. The Kier molecular flexibility index (Phi) is 11.4. The van der Waals surface area contributed by atoms with Crippen molar-refractivity contribution >= 4 is 11.8 Å².